The third-order valence-electron chi connectivity index (χ3n) is 10.4. The minimum absolute atomic E-state index is 0.0796. The summed E-state index contributed by atoms with van der Waals surface area (Å²) in [5.74, 6) is -0.00541. The number of carbonyl (C=O) groups is 3. The third kappa shape index (κ3) is 7.40. The van der Waals surface area contributed by atoms with Gasteiger partial charge in [-0.2, -0.15) is 0 Å². The summed E-state index contributed by atoms with van der Waals surface area (Å²) in [6.07, 6.45) is 7.83. The zero-order valence-corrected chi connectivity index (χ0v) is 27.3. The number of hydrogen-bond donors (Lipinski definition) is 2. The summed E-state index contributed by atoms with van der Waals surface area (Å²) >= 11 is 6.01. The fourth-order valence-electron chi connectivity index (χ4n) is 7.71. The number of piperidine rings is 2. The first-order valence-electron chi connectivity index (χ1n) is 17.0. The van der Waals surface area contributed by atoms with Crippen molar-refractivity contribution in [2.45, 2.75) is 57.0 Å². The van der Waals surface area contributed by atoms with Crippen LogP contribution in [0.3, 0.4) is 0 Å². The van der Waals surface area contributed by atoms with Gasteiger partial charge in [-0.3, -0.25) is 19.3 Å². The summed E-state index contributed by atoms with van der Waals surface area (Å²) < 4.78 is 15.0. The van der Waals surface area contributed by atoms with Crippen molar-refractivity contribution in [1.29, 1.82) is 0 Å². The van der Waals surface area contributed by atoms with E-state index < -0.39 is 5.82 Å². The minimum Gasteiger partial charge on any atom is -0.338 e. The first-order valence-corrected chi connectivity index (χ1v) is 17.4. The van der Waals surface area contributed by atoms with E-state index in [1.807, 2.05) is 4.90 Å². The molecule has 0 aliphatic carbocycles. The summed E-state index contributed by atoms with van der Waals surface area (Å²) in [5, 5.41) is 7.09. The summed E-state index contributed by atoms with van der Waals surface area (Å²) in [7, 11) is 0. The molecule has 0 bridgehead atoms. The van der Waals surface area contributed by atoms with Gasteiger partial charge in [-0.25, -0.2) is 4.39 Å². The molecule has 2 N–H and O–H groups in total. The van der Waals surface area contributed by atoms with Gasteiger partial charge in [0.1, 0.15) is 5.82 Å². The number of hydrogen-bond acceptors (Lipinski definition) is 6. The Labute approximate surface area is 276 Å². The third-order valence-corrected chi connectivity index (χ3v) is 10.6. The first-order chi connectivity index (χ1) is 22.4. The molecule has 248 valence electrons. The van der Waals surface area contributed by atoms with Gasteiger partial charge in [0.15, 0.2) is 0 Å². The number of anilines is 1. The van der Waals surface area contributed by atoms with Crippen LogP contribution in [0.15, 0.2) is 36.4 Å². The normalized spacial score (nSPS) is 21.8. The number of rotatable bonds is 9. The molecule has 1 atom stereocenters. The molecular formula is C35H46ClFN6O3. The standard InChI is InChI=1S/C35H46ClFN6O3/c36-27-4-5-29(31(37)23-27)26-3-6-32(42(24-44)17-11-25-7-12-38-13-8-25)30(22-26)34(45)40-18-20-41(21-19-40)35(46)33-2-1-16-43(33)28-9-14-39-15-10-28/h3-6,22-25,28,33,38-39H,1-2,7-21H2. The van der Waals surface area contributed by atoms with E-state index in [0.717, 1.165) is 84.1 Å². The molecule has 0 aromatic heterocycles. The molecule has 0 radical (unpaired) electrons. The molecular weight excluding hydrogens is 607 g/mol. The maximum atomic E-state index is 15.0. The lowest BCUT2D eigenvalue weighted by Crippen LogP contribution is -2.56. The van der Waals surface area contributed by atoms with Crippen LogP contribution in [0.1, 0.15) is 55.3 Å². The van der Waals surface area contributed by atoms with Crippen LogP contribution in [-0.4, -0.2) is 110 Å². The first kappa shape index (κ1) is 32.9. The molecule has 11 heteroatoms. The number of halogens is 2. The second kappa shape index (κ2) is 15.2. The highest BCUT2D eigenvalue weighted by atomic mass is 35.5. The van der Waals surface area contributed by atoms with Crippen molar-refractivity contribution < 1.29 is 18.8 Å². The zero-order valence-electron chi connectivity index (χ0n) is 26.6. The van der Waals surface area contributed by atoms with E-state index in [9.17, 15) is 18.8 Å². The Kier molecular flexibility index (Phi) is 10.9. The van der Waals surface area contributed by atoms with Crippen LogP contribution in [0.25, 0.3) is 11.1 Å². The summed E-state index contributed by atoms with van der Waals surface area (Å²) in [5.41, 5.74) is 1.76. The van der Waals surface area contributed by atoms with Crippen LogP contribution in [0, 0.1) is 11.7 Å². The van der Waals surface area contributed by atoms with Gasteiger partial charge in [0.25, 0.3) is 5.91 Å². The number of benzene rings is 2. The lowest BCUT2D eigenvalue weighted by molar-refractivity contribution is -0.138. The number of nitrogens with one attached hydrogen (secondary N) is 2. The van der Waals surface area contributed by atoms with Gasteiger partial charge in [0, 0.05) is 49.4 Å². The molecule has 3 amide bonds. The second-order valence-electron chi connectivity index (χ2n) is 13.1. The van der Waals surface area contributed by atoms with E-state index in [2.05, 4.69) is 15.5 Å². The number of likely N-dealkylation sites (tertiary alicyclic amines) is 1. The van der Waals surface area contributed by atoms with Crippen LogP contribution in [0.4, 0.5) is 10.1 Å². The predicted molar refractivity (Wildman–Crippen MR) is 179 cm³/mol. The van der Waals surface area contributed by atoms with E-state index in [0.29, 0.717) is 72.1 Å². The van der Waals surface area contributed by atoms with Crippen molar-refractivity contribution in [3.63, 3.8) is 0 Å². The summed E-state index contributed by atoms with van der Waals surface area (Å²) in [6.45, 7) is 7.15. The second-order valence-corrected chi connectivity index (χ2v) is 13.6. The molecule has 4 saturated heterocycles. The molecule has 4 heterocycles. The topological polar surface area (TPSA) is 88.2 Å². The van der Waals surface area contributed by atoms with E-state index in [1.54, 1.807) is 40.1 Å². The lowest BCUT2D eigenvalue weighted by atomic mass is 9.94. The van der Waals surface area contributed by atoms with Gasteiger partial charge < -0.3 is 25.3 Å². The number of nitrogens with zero attached hydrogens (tertiary/aromatic N) is 4. The Morgan fingerprint density at radius 3 is 2.28 bits per heavy atom. The largest absolute Gasteiger partial charge is 0.338 e. The van der Waals surface area contributed by atoms with Crippen LogP contribution in [0.5, 0.6) is 0 Å². The van der Waals surface area contributed by atoms with Gasteiger partial charge in [0.05, 0.1) is 17.3 Å². The Bertz CT molecular complexity index is 1390. The van der Waals surface area contributed by atoms with Gasteiger partial charge in [-0.15, -0.1) is 0 Å². The number of piperazine rings is 1. The zero-order chi connectivity index (χ0) is 32.0. The van der Waals surface area contributed by atoms with E-state index in [4.69, 9.17) is 11.6 Å². The molecule has 46 heavy (non-hydrogen) atoms. The molecule has 1 unspecified atom stereocenters. The average molecular weight is 653 g/mol. The average Bonchev–Trinajstić information content (AvgIpc) is 3.59. The molecule has 2 aromatic carbocycles. The monoisotopic (exact) mass is 652 g/mol. The van der Waals surface area contributed by atoms with Crippen molar-refractivity contribution in [1.82, 2.24) is 25.3 Å². The fourth-order valence-corrected chi connectivity index (χ4v) is 7.87. The summed E-state index contributed by atoms with van der Waals surface area (Å²) in [4.78, 5) is 48.1. The predicted octanol–water partition coefficient (Wildman–Crippen LogP) is 4.00. The van der Waals surface area contributed by atoms with E-state index in [-0.39, 0.29) is 17.9 Å². The van der Waals surface area contributed by atoms with Crippen molar-refractivity contribution in [2.75, 3.05) is 70.3 Å². The maximum Gasteiger partial charge on any atom is 0.256 e. The highest BCUT2D eigenvalue weighted by molar-refractivity contribution is 6.30. The van der Waals surface area contributed by atoms with Crippen LogP contribution in [0.2, 0.25) is 5.02 Å². The van der Waals surface area contributed by atoms with Crippen molar-refractivity contribution in [2.24, 2.45) is 5.92 Å². The Morgan fingerprint density at radius 1 is 0.891 bits per heavy atom. The quantitative estimate of drug-likeness (QED) is 0.399. The van der Waals surface area contributed by atoms with Gasteiger partial charge in [-0.1, -0.05) is 17.7 Å². The van der Waals surface area contributed by atoms with Crippen molar-refractivity contribution in [3.05, 3.63) is 52.8 Å². The molecule has 4 aliphatic heterocycles. The van der Waals surface area contributed by atoms with Crippen LogP contribution in [-0.2, 0) is 9.59 Å². The Balaban J connectivity index is 1.19. The van der Waals surface area contributed by atoms with E-state index in [1.165, 1.54) is 6.07 Å². The molecule has 9 nitrogen and oxygen atoms in total. The molecule has 4 fully saturated rings. The maximum absolute atomic E-state index is 15.0. The molecule has 0 saturated carbocycles. The molecule has 6 rings (SSSR count). The molecule has 4 aliphatic rings. The lowest BCUT2D eigenvalue weighted by Gasteiger charge is -2.40. The van der Waals surface area contributed by atoms with Crippen LogP contribution < -0.4 is 15.5 Å². The van der Waals surface area contributed by atoms with Gasteiger partial charge in [0.2, 0.25) is 12.3 Å². The number of carbonyl (C=O) groups excluding carboxylic acids is 3. The molecule has 0 spiro atoms. The van der Waals surface area contributed by atoms with Crippen molar-refractivity contribution >= 4 is 35.5 Å². The van der Waals surface area contributed by atoms with Gasteiger partial charge in [-0.05, 0) is 119 Å². The van der Waals surface area contributed by atoms with Crippen molar-refractivity contribution in [3.8, 4) is 11.1 Å². The Hall–Kier alpha value is -3.05. The fraction of sp³-hybridized carbons (Fsp3) is 0.571. The highest BCUT2D eigenvalue weighted by Crippen LogP contribution is 2.32. The van der Waals surface area contributed by atoms with Crippen LogP contribution >= 0.6 is 11.6 Å². The molecule has 2 aromatic rings. The SMILES string of the molecule is O=CN(CCC1CCNCC1)c1ccc(-c2ccc(Cl)cc2F)cc1C(=O)N1CCN(C(=O)C2CCCN2C2CCNCC2)CC1. The highest BCUT2D eigenvalue weighted by Gasteiger charge is 2.39. The Morgan fingerprint density at radius 2 is 1.59 bits per heavy atom. The number of amides is 3. The smallest absolute Gasteiger partial charge is 0.256 e. The van der Waals surface area contributed by atoms with Gasteiger partial charge >= 0.3 is 0 Å². The minimum atomic E-state index is -0.477. The van der Waals surface area contributed by atoms with E-state index >= 15 is 0 Å². The summed E-state index contributed by atoms with van der Waals surface area (Å²) in [6, 6.07) is 10.1.